The first-order valence-corrected chi connectivity index (χ1v) is 11.6. The fraction of sp³-hybridized carbons (Fsp3) is 0.423. The van der Waals surface area contributed by atoms with E-state index in [2.05, 4.69) is 10.6 Å². The van der Waals surface area contributed by atoms with Crippen LogP contribution in [-0.4, -0.2) is 54.0 Å². The molecule has 7 nitrogen and oxygen atoms in total. The second kappa shape index (κ2) is 9.75. The van der Waals surface area contributed by atoms with E-state index in [0.717, 1.165) is 10.8 Å². The van der Waals surface area contributed by atoms with Crippen molar-refractivity contribution in [3.63, 3.8) is 0 Å². The van der Waals surface area contributed by atoms with E-state index in [9.17, 15) is 19.5 Å². The Balaban J connectivity index is 1.64. The van der Waals surface area contributed by atoms with Gasteiger partial charge >= 0.3 is 0 Å². The normalized spacial score (nSPS) is 26.3. The minimum atomic E-state index is -0.705. The number of aliphatic hydroxyl groups is 1. The molecule has 2 aliphatic rings. The highest BCUT2D eigenvalue weighted by atomic mass is 16.3. The Morgan fingerprint density at radius 2 is 1.79 bits per heavy atom. The van der Waals surface area contributed by atoms with Gasteiger partial charge in [-0.05, 0) is 41.7 Å². The summed E-state index contributed by atoms with van der Waals surface area (Å²) in [5.41, 5.74) is 0.668. The van der Waals surface area contributed by atoms with Gasteiger partial charge in [-0.2, -0.15) is 0 Å². The fourth-order valence-electron chi connectivity index (χ4n) is 5.28. The van der Waals surface area contributed by atoms with Crippen LogP contribution >= 0.6 is 0 Å². The van der Waals surface area contributed by atoms with Crippen molar-refractivity contribution in [2.24, 2.45) is 23.7 Å². The van der Waals surface area contributed by atoms with E-state index in [1.54, 1.807) is 11.9 Å². The molecule has 3 N–H and O–H groups in total. The predicted octanol–water partition coefficient (Wildman–Crippen LogP) is 2.56. The van der Waals surface area contributed by atoms with Crippen molar-refractivity contribution in [1.82, 2.24) is 10.2 Å². The van der Waals surface area contributed by atoms with Gasteiger partial charge in [-0.25, -0.2) is 0 Å². The Morgan fingerprint density at radius 3 is 2.52 bits per heavy atom. The molecule has 4 rings (SSSR count). The summed E-state index contributed by atoms with van der Waals surface area (Å²) in [5.74, 6) is -2.18. The number of amides is 3. The van der Waals surface area contributed by atoms with Crippen molar-refractivity contribution in [3.8, 4) is 0 Å². The second-order valence-electron chi connectivity index (χ2n) is 8.95. The molecule has 2 aromatic rings. The van der Waals surface area contributed by atoms with Crippen molar-refractivity contribution >= 4 is 34.2 Å². The second-order valence-corrected chi connectivity index (χ2v) is 8.95. The number of nitrogens with one attached hydrogen (secondary N) is 2. The number of aliphatic hydroxyl groups excluding tert-OH is 1. The van der Waals surface area contributed by atoms with E-state index in [4.69, 9.17) is 0 Å². The number of anilines is 1. The maximum atomic E-state index is 13.5. The van der Waals surface area contributed by atoms with Gasteiger partial charge in [-0.15, -0.1) is 0 Å². The molecule has 0 bridgehead atoms. The third-order valence-electron chi connectivity index (χ3n) is 6.92. The predicted molar refractivity (Wildman–Crippen MR) is 127 cm³/mol. The summed E-state index contributed by atoms with van der Waals surface area (Å²) in [6, 6.07) is 12.9. The van der Waals surface area contributed by atoms with Gasteiger partial charge in [0.2, 0.25) is 17.7 Å². The average Bonchev–Trinajstić information content (AvgIpc) is 3.10. The number of fused-ring (bicyclic) bond motifs is 2. The number of hydrogen-bond acceptors (Lipinski definition) is 4. The highest BCUT2D eigenvalue weighted by Crippen LogP contribution is 2.44. The number of benzene rings is 2. The topological polar surface area (TPSA) is 98.7 Å². The Morgan fingerprint density at radius 1 is 1.03 bits per heavy atom. The number of unbranched alkanes of at least 4 members (excludes halogenated alkanes) is 1. The van der Waals surface area contributed by atoms with E-state index in [-0.39, 0.29) is 36.2 Å². The number of nitrogens with zero attached hydrogens (tertiary/aromatic N) is 1. The molecule has 0 aromatic heterocycles. The van der Waals surface area contributed by atoms with Crippen LogP contribution in [-0.2, 0) is 14.4 Å². The fourth-order valence-corrected chi connectivity index (χ4v) is 5.28. The van der Waals surface area contributed by atoms with E-state index in [0.29, 0.717) is 25.1 Å². The van der Waals surface area contributed by atoms with Crippen molar-refractivity contribution < 1.29 is 19.5 Å². The van der Waals surface area contributed by atoms with Gasteiger partial charge in [0.05, 0.1) is 11.8 Å². The molecule has 1 fully saturated rings. The van der Waals surface area contributed by atoms with Crippen molar-refractivity contribution in [3.05, 3.63) is 54.6 Å². The van der Waals surface area contributed by atoms with Gasteiger partial charge in [0, 0.05) is 31.8 Å². The Kier molecular flexibility index (Phi) is 6.79. The molecule has 2 aromatic carbocycles. The molecule has 1 aliphatic heterocycles. The monoisotopic (exact) mass is 449 g/mol. The van der Waals surface area contributed by atoms with Gasteiger partial charge in [0.25, 0.3) is 0 Å². The minimum Gasteiger partial charge on any atom is -0.396 e. The maximum Gasteiger partial charge on any atom is 0.247 e. The highest BCUT2D eigenvalue weighted by Gasteiger charge is 2.56. The number of rotatable bonds is 7. The van der Waals surface area contributed by atoms with Gasteiger partial charge < -0.3 is 20.6 Å². The average molecular weight is 450 g/mol. The summed E-state index contributed by atoms with van der Waals surface area (Å²) in [5, 5.41) is 17.0. The van der Waals surface area contributed by atoms with Gasteiger partial charge in [0.15, 0.2) is 0 Å². The molecule has 1 heterocycles. The van der Waals surface area contributed by atoms with Gasteiger partial charge in [-0.3, -0.25) is 14.4 Å². The molecule has 5 atom stereocenters. The molecule has 7 heteroatoms. The van der Waals surface area contributed by atoms with Crippen LogP contribution in [0.5, 0.6) is 0 Å². The minimum absolute atomic E-state index is 0.0284. The summed E-state index contributed by atoms with van der Waals surface area (Å²) >= 11 is 0. The van der Waals surface area contributed by atoms with Gasteiger partial charge in [0.1, 0.15) is 6.04 Å². The molecular weight excluding hydrogens is 418 g/mol. The molecule has 33 heavy (non-hydrogen) atoms. The first kappa shape index (κ1) is 23.0. The molecule has 0 saturated carbocycles. The van der Waals surface area contributed by atoms with Crippen LogP contribution in [0.15, 0.2) is 54.6 Å². The zero-order valence-electron chi connectivity index (χ0n) is 19.0. The number of likely N-dealkylation sites (tertiary alicyclic amines) is 1. The Hall–Kier alpha value is -3.19. The van der Waals surface area contributed by atoms with E-state index >= 15 is 0 Å². The third kappa shape index (κ3) is 4.37. The van der Waals surface area contributed by atoms with E-state index in [1.165, 1.54) is 0 Å². The quantitative estimate of drug-likeness (QED) is 0.447. The van der Waals surface area contributed by atoms with Crippen molar-refractivity contribution in [2.45, 2.75) is 25.8 Å². The molecule has 174 valence electrons. The van der Waals surface area contributed by atoms with Crippen LogP contribution in [0.3, 0.4) is 0 Å². The lowest BCUT2D eigenvalue weighted by molar-refractivity contribution is -0.140. The smallest absolute Gasteiger partial charge is 0.247 e. The summed E-state index contributed by atoms with van der Waals surface area (Å²) < 4.78 is 0. The molecule has 0 radical (unpaired) electrons. The zero-order valence-corrected chi connectivity index (χ0v) is 19.0. The molecule has 0 unspecified atom stereocenters. The molecule has 1 saturated heterocycles. The Bertz CT molecular complexity index is 1080. The summed E-state index contributed by atoms with van der Waals surface area (Å²) in [6.45, 7) is 2.32. The van der Waals surface area contributed by atoms with Crippen LogP contribution in [0.4, 0.5) is 5.69 Å². The molecule has 0 spiro atoms. The highest BCUT2D eigenvalue weighted by molar-refractivity contribution is 6.02. The zero-order chi connectivity index (χ0) is 23.5. The maximum absolute atomic E-state index is 13.5. The SMILES string of the molecule is CNC(=O)[C@H]1[C@H]2C(=O)N(CCCCO)[C@H](C(=O)Nc3ccc4ccccc4c3)[C@H]2C=C[C@H]1C. The summed E-state index contributed by atoms with van der Waals surface area (Å²) in [4.78, 5) is 41.3. The molecular formula is C26H31N3O4. The summed E-state index contributed by atoms with van der Waals surface area (Å²) in [7, 11) is 1.57. The Labute approximate surface area is 193 Å². The van der Waals surface area contributed by atoms with E-state index in [1.807, 2.05) is 61.5 Å². The number of carbonyl (C=O) groups excluding carboxylic acids is 3. The van der Waals surface area contributed by atoms with Gasteiger partial charge in [-0.1, -0.05) is 49.4 Å². The number of carbonyl (C=O) groups is 3. The lowest BCUT2D eigenvalue weighted by atomic mass is 9.70. The first-order valence-electron chi connectivity index (χ1n) is 11.6. The van der Waals surface area contributed by atoms with Crippen LogP contribution in [0, 0.1) is 23.7 Å². The van der Waals surface area contributed by atoms with Crippen LogP contribution in [0.2, 0.25) is 0 Å². The van der Waals surface area contributed by atoms with Crippen LogP contribution in [0.25, 0.3) is 10.8 Å². The van der Waals surface area contributed by atoms with Crippen LogP contribution in [0.1, 0.15) is 19.8 Å². The third-order valence-corrected chi connectivity index (χ3v) is 6.92. The van der Waals surface area contributed by atoms with Crippen molar-refractivity contribution in [2.75, 3.05) is 25.5 Å². The largest absolute Gasteiger partial charge is 0.396 e. The molecule has 3 amide bonds. The standard InChI is InChI=1S/C26H31N3O4/c1-16-9-12-20-22(21(16)24(31)27-2)26(33)29(13-5-6-14-30)23(20)25(32)28-19-11-10-17-7-3-4-8-18(17)15-19/h3-4,7-12,15-16,20-23,30H,5-6,13-14H2,1-2H3,(H,27,31)(H,28,32)/t16-,20+,21-,22+,23+/m1/s1. The summed E-state index contributed by atoms with van der Waals surface area (Å²) in [6.07, 6.45) is 5.01. The first-order chi connectivity index (χ1) is 16.0. The lowest BCUT2D eigenvalue weighted by Crippen LogP contribution is -2.45. The van der Waals surface area contributed by atoms with Crippen molar-refractivity contribution in [1.29, 1.82) is 0 Å². The lowest BCUT2D eigenvalue weighted by Gasteiger charge is -2.32. The number of allylic oxidation sites excluding steroid dienone is 1. The number of hydrogen-bond donors (Lipinski definition) is 3. The van der Waals surface area contributed by atoms with E-state index < -0.39 is 17.9 Å². The van der Waals surface area contributed by atoms with Crippen LogP contribution < -0.4 is 10.6 Å². The molecule has 1 aliphatic carbocycles.